The quantitative estimate of drug-likeness (QED) is 0.0786. The Morgan fingerprint density at radius 1 is 1.00 bits per heavy atom. The van der Waals surface area contributed by atoms with Crippen molar-refractivity contribution in [3.05, 3.63) is 71.5 Å². The minimum absolute atomic E-state index is 0.0127. The number of carbonyl (C=O) groups excluding carboxylic acids is 3. The van der Waals surface area contributed by atoms with Gasteiger partial charge in [0.05, 0.1) is 29.4 Å². The van der Waals surface area contributed by atoms with Crippen LogP contribution in [0.1, 0.15) is 97.1 Å². The molecule has 4 N–H and O–H groups in total. The van der Waals surface area contributed by atoms with Crippen LogP contribution in [-0.2, 0) is 43.2 Å². The number of aliphatic hydroxyl groups excluding tert-OH is 1. The van der Waals surface area contributed by atoms with Gasteiger partial charge < -0.3 is 34.1 Å². The Kier molecular flexibility index (Phi) is 14.3. The Labute approximate surface area is 372 Å². The third-order valence-electron chi connectivity index (χ3n) is 12.7. The van der Waals surface area contributed by atoms with Crippen molar-refractivity contribution in [3.63, 3.8) is 0 Å². The van der Waals surface area contributed by atoms with Crippen LogP contribution in [-0.4, -0.2) is 108 Å². The van der Waals surface area contributed by atoms with Crippen molar-refractivity contribution in [2.45, 2.75) is 123 Å². The van der Waals surface area contributed by atoms with Gasteiger partial charge in [-0.2, -0.15) is 0 Å². The Bertz CT molecular complexity index is 2280. The highest BCUT2D eigenvalue weighted by Gasteiger charge is 2.34. The lowest BCUT2D eigenvalue weighted by atomic mass is 9.84. The average Bonchev–Trinajstić information content (AvgIpc) is 3.86. The maximum Gasteiger partial charge on any atom is 0.408 e. The van der Waals surface area contributed by atoms with E-state index >= 15 is 0 Å². The van der Waals surface area contributed by atoms with E-state index in [4.69, 9.17) is 19.2 Å². The molecule has 5 heterocycles. The molecule has 2 aromatic carbocycles. The first kappa shape index (κ1) is 46.1. The largest absolute Gasteiger partial charge is 0.444 e. The molecule has 0 saturated carbocycles. The summed E-state index contributed by atoms with van der Waals surface area (Å²) in [6.45, 7) is 19.2. The lowest BCUT2D eigenvalue weighted by Gasteiger charge is -2.39. The minimum atomic E-state index is -1.19. The number of nitrogens with zero attached hydrogens (tertiary/aromatic N) is 4. The summed E-state index contributed by atoms with van der Waals surface area (Å²) < 4.78 is 19.2. The molecule has 3 aliphatic heterocycles. The second kappa shape index (κ2) is 19.5. The summed E-state index contributed by atoms with van der Waals surface area (Å²) >= 11 is 0. The van der Waals surface area contributed by atoms with E-state index in [0.717, 1.165) is 81.9 Å². The number of anilines is 1. The summed E-state index contributed by atoms with van der Waals surface area (Å²) in [5, 5.41) is 14.4. The standard InChI is InChI=1S/C49H67N7O7/c1-9-56-42-18-17-34(33-14-10-13-32(23-33)24-41(52-47(60)63-48(3,4)5)46(59)62-45(58)40-16-11-19-51-53-40)25-37(42)39(27-49(6,7)30-57)44(56)38-26-36(28-50-43(38)31(2)61-8)55-22-21-54-20-12-15-35(54)29-55/h10,13-14,17-18,23,25-26,28,31,35,40-41,51,53,57H,9,11-12,15-16,19-22,24,27,29-30H2,1-8H3,(H,52,60)/t31-,35+,40?,41-/m0/s1. The number of pyridine rings is 1. The van der Waals surface area contributed by atoms with Gasteiger partial charge in [-0.3, -0.25) is 15.3 Å². The molecule has 0 radical (unpaired) electrons. The number of aryl methyl sites for hydroxylation is 1. The number of alkyl carbamates (subject to hydrolysis) is 1. The first-order valence-corrected chi connectivity index (χ1v) is 22.7. The normalized spacial score (nSPS) is 19.4. The Morgan fingerprint density at radius 3 is 2.51 bits per heavy atom. The molecule has 14 heteroatoms. The van der Waals surface area contributed by atoms with Gasteiger partial charge in [0, 0.05) is 75.4 Å². The smallest absolute Gasteiger partial charge is 0.408 e. The van der Waals surface area contributed by atoms with Crippen molar-refractivity contribution < 1.29 is 33.7 Å². The molecule has 7 rings (SSSR count). The molecular formula is C49H67N7O7. The maximum absolute atomic E-state index is 13.6. The Hall–Kier alpha value is -4.86. The number of rotatable bonds is 14. The van der Waals surface area contributed by atoms with E-state index < -0.39 is 41.1 Å². The van der Waals surface area contributed by atoms with E-state index in [-0.39, 0.29) is 19.1 Å². The van der Waals surface area contributed by atoms with Gasteiger partial charge in [0.1, 0.15) is 17.7 Å². The van der Waals surface area contributed by atoms with E-state index in [1.54, 1.807) is 27.9 Å². The molecule has 1 amide bonds. The number of hydrogen-bond acceptors (Lipinski definition) is 12. The predicted octanol–water partition coefficient (Wildman–Crippen LogP) is 6.71. The number of esters is 2. The predicted molar refractivity (Wildman–Crippen MR) is 245 cm³/mol. The maximum atomic E-state index is 13.6. The van der Waals surface area contributed by atoms with Crippen LogP contribution in [0.2, 0.25) is 0 Å². The topological polar surface area (TPSA) is 160 Å². The highest BCUT2D eigenvalue weighted by molar-refractivity contribution is 5.96. The summed E-state index contributed by atoms with van der Waals surface area (Å²) in [6, 6.07) is 15.3. The fourth-order valence-corrected chi connectivity index (χ4v) is 9.28. The minimum Gasteiger partial charge on any atom is -0.444 e. The zero-order chi connectivity index (χ0) is 45.1. The third-order valence-corrected chi connectivity index (χ3v) is 12.7. The number of hydrazine groups is 1. The molecule has 3 saturated heterocycles. The van der Waals surface area contributed by atoms with Crippen LogP contribution in [0.5, 0.6) is 0 Å². The lowest BCUT2D eigenvalue weighted by molar-refractivity contribution is -0.163. The molecule has 0 aliphatic carbocycles. The summed E-state index contributed by atoms with van der Waals surface area (Å²) in [7, 11) is 1.72. The Morgan fingerprint density at radius 2 is 1.79 bits per heavy atom. The van der Waals surface area contributed by atoms with Gasteiger partial charge in [-0.1, -0.05) is 44.2 Å². The monoisotopic (exact) mass is 866 g/mol. The molecule has 1 unspecified atom stereocenters. The van der Waals surface area contributed by atoms with E-state index in [2.05, 4.69) is 75.6 Å². The van der Waals surface area contributed by atoms with Crippen LogP contribution in [0.15, 0.2) is 54.7 Å². The molecule has 63 heavy (non-hydrogen) atoms. The second-order valence-corrected chi connectivity index (χ2v) is 19.2. The Balaban J connectivity index is 1.27. The molecular weight excluding hydrogens is 799 g/mol. The number of methoxy groups -OCH3 is 1. The lowest BCUT2D eigenvalue weighted by Crippen LogP contribution is -2.52. The molecule has 14 nitrogen and oxygen atoms in total. The van der Waals surface area contributed by atoms with Gasteiger partial charge in [0.2, 0.25) is 0 Å². The van der Waals surface area contributed by atoms with Crippen LogP contribution in [0.25, 0.3) is 33.3 Å². The number of aromatic nitrogens is 2. The van der Waals surface area contributed by atoms with E-state index in [0.29, 0.717) is 32.0 Å². The fraction of sp³-hybridized carbons (Fsp3) is 0.551. The van der Waals surface area contributed by atoms with Gasteiger partial charge in [-0.15, -0.1) is 0 Å². The third kappa shape index (κ3) is 10.7. The molecule has 2 aromatic heterocycles. The highest BCUT2D eigenvalue weighted by Crippen LogP contribution is 2.43. The fourth-order valence-electron chi connectivity index (χ4n) is 9.28. The number of nitrogens with one attached hydrogen (secondary N) is 3. The van der Waals surface area contributed by atoms with Crippen molar-refractivity contribution in [1.29, 1.82) is 0 Å². The van der Waals surface area contributed by atoms with Gasteiger partial charge >= 0.3 is 18.0 Å². The molecule has 3 fully saturated rings. The van der Waals surface area contributed by atoms with Gasteiger partial charge in [-0.25, -0.2) is 19.8 Å². The molecule has 4 atom stereocenters. The number of piperazine rings is 1. The van der Waals surface area contributed by atoms with Crippen molar-refractivity contribution in [3.8, 4) is 22.4 Å². The van der Waals surface area contributed by atoms with Gasteiger partial charge in [-0.05, 0) is 119 Å². The summed E-state index contributed by atoms with van der Waals surface area (Å²) in [6.07, 6.45) is 5.38. The first-order valence-electron chi connectivity index (χ1n) is 22.7. The van der Waals surface area contributed by atoms with Gasteiger partial charge in [0.15, 0.2) is 0 Å². The van der Waals surface area contributed by atoms with Crippen molar-refractivity contribution in [2.24, 2.45) is 5.41 Å². The van der Waals surface area contributed by atoms with Crippen LogP contribution in [0, 0.1) is 5.41 Å². The summed E-state index contributed by atoms with van der Waals surface area (Å²) in [5.74, 6) is -1.57. The first-order chi connectivity index (χ1) is 30.1. The molecule has 4 aromatic rings. The number of hydrogen-bond donors (Lipinski definition) is 4. The zero-order valence-electron chi connectivity index (χ0n) is 38.4. The van der Waals surface area contributed by atoms with Crippen molar-refractivity contribution in [1.82, 2.24) is 30.6 Å². The van der Waals surface area contributed by atoms with E-state index in [1.165, 1.54) is 19.4 Å². The van der Waals surface area contributed by atoms with Gasteiger partial charge in [0.25, 0.3) is 0 Å². The van der Waals surface area contributed by atoms with Crippen LogP contribution in [0.3, 0.4) is 0 Å². The molecule has 340 valence electrons. The SMILES string of the molecule is CCn1c(-c2cc(N3CCN4CCC[C@@H]4C3)cnc2[C@H](C)OC)c(CC(C)(C)CO)c2cc(-c3cccc(C[C@H](NC(=O)OC(C)(C)C)C(=O)OC(=O)C4CCCNN4)c3)ccc21. The zero-order valence-corrected chi connectivity index (χ0v) is 38.4. The molecule has 3 aliphatic rings. The number of aliphatic hydroxyl groups is 1. The number of fused-ring (bicyclic) bond motifs is 2. The van der Waals surface area contributed by atoms with E-state index in [1.807, 2.05) is 37.4 Å². The number of carbonyl (C=O) groups is 3. The second-order valence-electron chi connectivity index (χ2n) is 19.2. The molecule has 0 spiro atoms. The number of amides is 1. The van der Waals surface area contributed by atoms with Crippen LogP contribution in [0.4, 0.5) is 10.5 Å². The summed E-state index contributed by atoms with van der Waals surface area (Å²) in [4.78, 5) is 49.8. The average molecular weight is 866 g/mol. The van der Waals surface area contributed by atoms with Crippen LogP contribution < -0.4 is 21.1 Å². The number of ether oxygens (including phenoxy) is 3. The highest BCUT2D eigenvalue weighted by atomic mass is 16.6. The molecule has 0 bridgehead atoms. The van der Waals surface area contributed by atoms with Crippen LogP contribution >= 0.6 is 0 Å². The van der Waals surface area contributed by atoms with E-state index in [9.17, 15) is 19.5 Å². The number of benzene rings is 2. The van der Waals surface area contributed by atoms with Crippen molar-refractivity contribution >= 4 is 34.6 Å². The summed E-state index contributed by atoms with van der Waals surface area (Å²) in [5.41, 5.74) is 13.5. The van der Waals surface area contributed by atoms with Crippen molar-refractivity contribution in [2.75, 3.05) is 51.3 Å².